The van der Waals surface area contributed by atoms with Gasteiger partial charge in [-0.05, 0) is 36.1 Å². The van der Waals surface area contributed by atoms with Gasteiger partial charge in [-0.25, -0.2) is 0 Å². The number of hydrogen-bond acceptors (Lipinski definition) is 3. The summed E-state index contributed by atoms with van der Waals surface area (Å²) >= 11 is 0. The summed E-state index contributed by atoms with van der Waals surface area (Å²) in [5.74, 6) is 0.718. The molecule has 0 fully saturated rings. The van der Waals surface area contributed by atoms with Crippen LogP contribution in [0.3, 0.4) is 0 Å². The molecule has 2 aromatic rings. The Labute approximate surface area is 156 Å². The van der Waals surface area contributed by atoms with Gasteiger partial charge in [-0.1, -0.05) is 55.8 Å². The standard InChI is InChI=1S/C22H29NO3/c1-15(2)21(18-8-6-16(3)7-9-18)22(25)23(4)14-20(24)17-10-12-19(26-5)13-11-17/h6-13,15,20-21,24H,14H2,1-5H3. The van der Waals surface area contributed by atoms with E-state index in [4.69, 9.17) is 4.74 Å². The molecule has 0 saturated heterocycles. The van der Waals surface area contributed by atoms with Crippen LogP contribution in [-0.2, 0) is 4.79 Å². The van der Waals surface area contributed by atoms with Gasteiger partial charge in [0.1, 0.15) is 5.75 Å². The van der Waals surface area contributed by atoms with Crippen molar-refractivity contribution in [3.05, 3.63) is 65.2 Å². The molecule has 0 saturated carbocycles. The maximum atomic E-state index is 13.0. The molecule has 2 atom stereocenters. The molecule has 0 aliphatic heterocycles. The van der Waals surface area contributed by atoms with Gasteiger partial charge in [-0.2, -0.15) is 0 Å². The van der Waals surface area contributed by atoms with Gasteiger partial charge in [0.15, 0.2) is 0 Å². The third-order valence-electron chi connectivity index (χ3n) is 4.69. The van der Waals surface area contributed by atoms with Crippen molar-refractivity contribution in [1.82, 2.24) is 4.90 Å². The van der Waals surface area contributed by atoms with Gasteiger partial charge in [0.25, 0.3) is 0 Å². The largest absolute Gasteiger partial charge is 0.497 e. The maximum absolute atomic E-state index is 13.0. The van der Waals surface area contributed by atoms with E-state index in [2.05, 4.69) is 13.8 Å². The molecular weight excluding hydrogens is 326 g/mol. The van der Waals surface area contributed by atoms with E-state index in [0.29, 0.717) is 0 Å². The highest BCUT2D eigenvalue weighted by molar-refractivity contribution is 5.83. The summed E-state index contributed by atoms with van der Waals surface area (Å²) in [5, 5.41) is 10.5. The second kappa shape index (κ2) is 8.86. The van der Waals surface area contributed by atoms with E-state index in [1.54, 1.807) is 19.1 Å². The van der Waals surface area contributed by atoms with Crippen LogP contribution >= 0.6 is 0 Å². The smallest absolute Gasteiger partial charge is 0.230 e. The van der Waals surface area contributed by atoms with E-state index in [9.17, 15) is 9.90 Å². The van der Waals surface area contributed by atoms with Crippen molar-refractivity contribution in [2.75, 3.05) is 20.7 Å². The van der Waals surface area contributed by atoms with Crippen LogP contribution in [0.5, 0.6) is 5.75 Å². The molecule has 0 radical (unpaired) electrons. The van der Waals surface area contributed by atoms with E-state index in [1.165, 1.54) is 5.56 Å². The summed E-state index contributed by atoms with van der Waals surface area (Å²) in [7, 11) is 3.35. The number of benzene rings is 2. The predicted octanol–water partition coefficient (Wildman–Crippen LogP) is 3.94. The molecule has 0 aliphatic rings. The lowest BCUT2D eigenvalue weighted by Gasteiger charge is -2.28. The van der Waals surface area contributed by atoms with Crippen molar-refractivity contribution >= 4 is 5.91 Å². The van der Waals surface area contributed by atoms with E-state index in [0.717, 1.165) is 16.9 Å². The fourth-order valence-corrected chi connectivity index (χ4v) is 3.10. The zero-order chi connectivity index (χ0) is 19.3. The lowest BCUT2D eigenvalue weighted by Crippen LogP contribution is -2.36. The Morgan fingerprint density at radius 1 is 1.04 bits per heavy atom. The first kappa shape index (κ1) is 20.0. The second-order valence-electron chi connectivity index (χ2n) is 7.14. The molecule has 2 unspecified atom stereocenters. The number of likely N-dealkylation sites (N-methyl/N-ethyl adjacent to an activating group) is 1. The lowest BCUT2D eigenvalue weighted by molar-refractivity contribution is -0.133. The third-order valence-corrected chi connectivity index (χ3v) is 4.69. The topological polar surface area (TPSA) is 49.8 Å². The van der Waals surface area contributed by atoms with E-state index >= 15 is 0 Å². The number of carbonyl (C=O) groups is 1. The zero-order valence-corrected chi connectivity index (χ0v) is 16.3. The molecule has 0 aliphatic carbocycles. The summed E-state index contributed by atoms with van der Waals surface area (Å²) in [6, 6.07) is 15.4. The van der Waals surface area contributed by atoms with Crippen molar-refractivity contribution in [3.8, 4) is 5.75 Å². The molecule has 140 valence electrons. The molecule has 2 rings (SSSR count). The molecule has 2 aromatic carbocycles. The Balaban J connectivity index is 2.11. The minimum atomic E-state index is -0.735. The Hall–Kier alpha value is -2.33. The number of hydrogen-bond donors (Lipinski definition) is 1. The van der Waals surface area contributed by atoms with Crippen molar-refractivity contribution in [3.63, 3.8) is 0 Å². The summed E-state index contributed by atoms with van der Waals surface area (Å²) in [4.78, 5) is 14.7. The number of carbonyl (C=O) groups excluding carboxylic acids is 1. The molecule has 0 heterocycles. The summed E-state index contributed by atoms with van der Waals surface area (Å²) in [6.07, 6.45) is -0.735. The Morgan fingerprint density at radius 2 is 1.58 bits per heavy atom. The fourth-order valence-electron chi connectivity index (χ4n) is 3.10. The van der Waals surface area contributed by atoms with Gasteiger partial charge in [0.2, 0.25) is 5.91 Å². The average molecular weight is 355 g/mol. The molecule has 4 nitrogen and oxygen atoms in total. The van der Waals surface area contributed by atoms with Crippen LogP contribution in [0.4, 0.5) is 0 Å². The Bertz CT molecular complexity index is 707. The molecule has 26 heavy (non-hydrogen) atoms. The zero-order valence-electron chi connectivity index (χ0n) is 16.3. The van der Waals surface area contributed by atoms with Gasteiger partial charge in [0, 0.05) is 7.05 Å². The average Bonchev–Trinajstić information content (AvgIpc) is 2.63. The van der Waals surface area contributed by atoms with Crippen LogP contribution in [0, 0.1) is 12.8 Å². The van der Waals surface area contributed by atoms with Gasteiger partial charge in [-0.3, -0.25) is 4.79 Å². The highest BCUT2D eigenvalue weighted by atomic mass is 16.5. The predicted molar refractivity (Wildman–Crippen MR) is 104 cm³/mol. The van der Waals surface area contributed by atoms with Crippen LogP contribution in [-0.4, -0.2) is 36.6 Å². The van der Waals surface area contributed by atoms with Gasteiger partial charge < -0.3 is 14.7 Å². The highest BCUT2D eigenvalue weighted by Crippen LogP contribution is 2.28. The molecule has 1 N–H and O–H groups in total. The number of methoxy groups -OCH3 is 1. The highest BCUT2D eigenvalue weighted by Gasteiger charge is 2.28. The van der Waals surface area contributed by atoms with Crippen LogP contribution in [0.1, 0.15) is 42.6 Å². The van der Waals surface area contributed by atoms with Gasteiger partial charge in [-0.15, -0.1) is 0 Å². The minimum Gasteiger partial charge on any atom is -0.497 e. The number of aliphatic hydroxyl groups excluding tert-OH is 1. The Morgan fingerprint density at radius 3 is 2.08 bits per heavy atom. The van der Waals surface area contributed by atoms with E-state index < -0.39 is 6.10 Å². The molecule has 0 spiro atoms. The number of aliphatic hydroxyl groups is 1. The molecule has 1 amide bonds. The SMILES string of the molecule is COc1ccc(C(O)CN(C)C(=O)C(c2ccc(C)cc2)C(C)C)cc1. The normalized spacial score (nSPS) is 13.3. The van der Waals surface area contributed by atoms with Gasteiger partial charge >= 0.3 is 0 Å². The summed E-state index contributed by atoms with van der Waals surface area (Å²) in [5.41, 5.74) is 2.95. The summed E-state index contributed by atoms with van der Waals surface area (Å²) < 4.78 is 5.14. The number of aryl methyl sites for hydroxylation is 1. The van der Waals surface area contributed by atoms with Crippen LogP contribution in [0.15, 0.2) is 48.5 Å². The lowest BCUT2D eigenvalue weighted by atomic mass is 9.86. The quantitative estimate of drug-likeness (QED) is 0.818. The Kier molecular flexibility index (Phi) is 6.81. The first-order valence-corrected chi connectivity index (χ1v) is 8.97. The van der Waals surface area contributed by atoms with Crippen molar-refractivity contribution in [1.29, 1.82) is 0 Å². The van der Waals surface area contributed by atoms with Crippen LogP contribution in [0.25, 0.3) is 0 Å². The first-order chi connectivity index (χ1) is 12.3. The monoisotopic (exact) mass is 355 g/mol. The summed E-state index contributed by atoms with van der Waals surface area (Å²) in [6.45, 7) is 6.39. The number of nitrogens with zero attached hydrogens (tertiary/aromatic N) is 1. The number of rotatable bonds is 7. The maximum Gasteiger partial charge on any atom is 0.230 e. The molecular formula is C22H29NO3. The minimum absolute atomic E-state index is 0.0245. The number of ether oxygens (including phenoxy) is 1. The van der Waals surface area contributed by atoms with Gasteiger partial charge in [0.05, 0.1) is 25.7 Å². The number of amides is 1. The van der Waals surface area contributed by atoms with Crippen molar-refractivity contribution < 1.29 is 14.6 Å². The van der Waals surface area contributed by atoms with Crippen molar-refractivity contribution in [2.24, 2.45) is 5.92 Å². The first-order valence-electron chi connectivity index (χ1n) is 8.97. The molecule has 4 heteroatoms. The van der Waals surface area contributed by atoms with Crippen LogP contribution < -0.4 is 4.74 Å². The third kappa shape index (κ3) is 4.85. The molecule has 0 bridgehead atoms. The van der Waals surface area contributed by atoms with Crippen LogP contribution in [0.2, 0.25) is 0 Å². The van der Waals surface area contributed by atoms with E-state index in [1.807, 2.05) is 55.5 Å². The van der Waals surface area contributed by atoms with Crippen molar-refractivity contribution in [2.45, 2.75) is 32.8 Å². The fraction of sp³-hybridized carbons (Fsp3) is 0.409. The molecule has 0 aromatic heterocycles. The van der Waals surface area contributed by atoms with E-state index in [-0.39, 0.29) is 24.3 Å². The second-order valence-corrected chi connectivity index (χ2v) is 7.14.